The molecule has 2 rings (SSSR count). The van der Waals surface area contributed by atoms with Crippen LogP contribution in [0.3, 0.4) is 0 Å². The molecule has 27 heavy (non-hydrogen) atoms. The molecule has 0 aromatic heterocycles. The number of halogens is 6. The third-order valence-corrected chi connectivity index (χ3v) is 3.48. The zero-order chi connectivity index (χ0) is 20.4. The molecule has 0 saturated carbocycles. The summed E-state index contributed by atoms with van der Waals surface area (Å²) >= 11 is 0. The number of rotatable bonds is 4. The third kappa shape index (κ3) is 4.78. The van der Waals surface area contributed by atoms with Gasteiger partial charge in [-0.15, -0.1) is 0 Å². The molecule has 0 bridgehead atoms. The number of amides is 2. The number of carbonyl (C=O) groups is 2. The number of hydrogen-bond acceptors (Lipinski definition) is 2. The Kier molecular flexibility index (Phi) is 5.77. The molecule has 1 N–H and O–H groups in total. The summed E-state index contributed by atoms with van der Waals surface area (Å²) in [5, 5.41) is 2.23. The van der Waals surface area contributed by atoms with E-state index in [1.165, 1.54) is 0 Å². The number of hydrogen-bond donors (Lipinski definition) is 1. The second kappa shape index (κ2) is 7.68. The van der Waals surface area contributed by atoms with Gasteiger partial charge in [0, 0.05) is 12.6 Å². The van der Waals surface area contributed by atoms with Crippen molar-refractivity contribution in [2.24, 2.45) is 0 Å². The summed E-state index contributed by atoms with van der Waals surface area (Å²) in [6.07, 6.45) is -4.54. The van der Waals surface area contributed by atoms with Crippen LogP contribution in [0.2, 0.25) is 0 Å². The molecule has 2 aromatic carbocycles. The molecule has 0 fully saturated rings. The first kappa shape index (κ1) is 20.3. The van der Waals surface area contributed by atoms with E-state index in [2.05, 4.69) is 5.32 Å². The minimum Gasteiger partial charge on any atom is -0.325 e. The maximum atomic E-state index is 13.9. The summed E-state index contributed by atoms with van der Waals surface area (Å²) in [5.74, 6) is -6.63. The van der Waals surface area contributed by atoms with Crippen molar-refractivity contribution >= 4 is 23.2 Å². The van der Waals surface area contributed by atoms with Crippen molar-refractivity contribution in [3.8, 4) is 0 Å². The number of nitrogens with one attached hydrogen (secondary N) is 1. The fourth-order valence-electron chi connectivity index (χ4n) is 2.18. The Bertz CT molecular complexity index is 865. The van der Waals surface area contributed by atoms with E-state index in [1.807, 2.05) is 0 Å². The monoisotopic (exact) mass is 390 g/mol. The zero-order valence-electron chi connectivity index (χ0n) is 13.7. The average molecular weight is 390 g/mol. The van der Waals surface area contributed by atoms with Crippen LogP contribution in [-0.2, 0) is 15.8 Å². The van der Waals surface area contributed by atoms with Crippen molar-refractivity contribution in [3.05, 3.63) is 59.4 Å². The summed E-state index contributed by atoms with van der Waals surface area (Å²) in [6.45, 7) is 0.213. The number of anilines is 2. The van der Waals surface area contributed by atoms with E-state index in [-0.39, 0.29) is 5.69 Å². The van der Waals surface area contributed by atoms with Gasteiger partial charge in [0.05, 0.1) is 11.3 Å². The van der Waals surface area contributed by atoms with Crippen LogP contribution in [0.5, 0.6) is 0 Å². The van der Waals surface area contributed by atoms with Gasteiger partial charge in [0.1, 0.15) is 6.54 Å². The summed E-state index contributed by atoms with van der Waals surface area (Å²) in [6, 6.07) is 4.87. The molecule has 2 aromatic rings. The van der Waals surface area contributed by atoms with Gasteiger partial charge in [0.15, 0.2) is 17.5 Å². The molecule has 0 aliphatic rings. The lowest BCUT2D eigenvalue weighted by Gasteiger charge is -2.21. The van der Waals surface area contributed by atoms with E-state index in [0.717, 1.165) is 37.3 Å². The minimum absolute atomic E-state index is 0.00209. The smallest absolute Gasteiger partial charge is 0.325 e. The van der Waals surface area contributed by atoms with Crippen molar-refractivity contribution in [2.45, 2.75) is 13.1 Å². The van der Waals surface area contributed by atoms with Gasteiger partial charge in [-0.05, 0) is 36.4 Å². The van der Waals surface area contributed by atoms with Crippen LogP contribution in [0.25, 0.3) is 0 Å². The maximum Gasteiger partial charge on any atom is 0.416 e. The Morgan fingerprint density at radius 2 is 1.56 bits per heavy atom. The van der Waals surface area contributed by atoms with Crippen LogP contribution < -0.4 is 10.2 Å². The molecule has 0 radical (unpaired) electrons. The molecule has 2 amide bonds. The van der Waals surface area contributed by atoms with Crippen molar-refractivity contribution < 1.29 is 35.9 Å². The molecule has 4 nitrogen and oxygen atoms in total. The quantitative estimate of drug-likeness (QED) is 0.631. The first-order valence-electron chi connectivity index (χ1n) is 7.39. The van der Waals surface area contributed by atoms with Gasteiger partial charge in [-0.3, -0.25) is 9.59 Å². The number of carbonyl (C=O) groups excluding carboxylic acids is 2. The predicted molar refractivity (Wildman–Crippen MR) is 84.4 cm³/mol. The molecular weight excluding hydrogens is 378 g/mol. The summed E-state index contributed by atoms with van der Waals surface area (Å²) in [4.78, 5) is 24.3. The van der Waals surface area contributed by atoms with Crippen LogP contribution in [0.1, 0.15) is 12.5 Å². The van der Waals surface area contributed by atoms with E-state index >= 15 is 0 Å². The lowest BCUT2D eigenvalue weighted by atomic mass is 10.2. The van der Waals surface area contributed by atoms with Crippen molar-refractivity contribution in [3.63, 3.8) is 0 Å². The van der Waals surface area contributed by atoms with Gasteiger partial charge in [0.2, 0.25) is 11.8 Å². The summed E-state index contributed by atoms with van der Waals surface area (Å²) < 4.78 is 77.7. The van der Waals surface area contributed by atoms with Crippen LogP contribution in [0, 0.1) is 17.5 Å². The fourth-order valence-corrected chi connectivity index (χ4v) is 2.18. The summed E-state index contributed by atoms with van der Waals surface area (Å²) in [7, 11) is 0. The second-order valence-electron chi connectivity index (χ2n) is 5.42. The van der Waals surface area contributed by atoms with Gasteiger partial charge in [-0.25, -0.2) is 13.2 Å². The van der Waals surface area contributed by atoms with Crippen molar-refractivity contribution in [1.29, 1.82) is 0 Å². The highest BCUT2D eigenvalue weighted by atomic mass is 19.4. The molecule has 0 heterocycles. The molecular formula is C17H12F6N2O2. The van der Waals surface area contributed by atoms with Gasteiger partial charge in [-0.1, -0.05) is 0 Å². The van der Waals surface area contributed by atoms with Crippen LogP contribution in [-0.4, -0.2) is 18.4 Å². The van der Waals surface area contributed by atoms with Crippen molar-refractivity contribution in [2.75, 3.05) is 16.8 Å². The highest BCUT2D eigenvalue weighted by molar-refractivity contribution is 6.01. The Morgan fingerprint density at radius 1 is 0.963 bits per heavy atom. The standard InChI is InChI=1S/C17H12F6N2O2/c1-9(26)25(13-7-6-12(18)15(19)16(13)20)8-14(27)24-11-4-2-10(3-5-11)17(21,22)23/h2-7H,8H2,1H3,(H,24,27). The Labute approximate surface area is 149 Å². The normalized spacial score (nSPS) is 11.2. The minimum atomic E-state index is -4.54. The molecule has 0 saturated heterocycles. The molecule has 10 heteroatoms. The molecule has 0 unspecified atom stereocenters. The average Bonchev–Trinajstić information content (AvgIpc) is 2.58. The molecule has 0 aliphatic carbocycles. The van der Waals surface area contributed by atoms with E-state index in [9.17, 15) is 35.9 Å². The maximum absolute atomic E-state index is 13.9. The molecule has 0 spiro atoms. The largest absolute Gasteiger partial charge is 0.416 e. The molecule has 0 aliphatic heterocycles. The Morgan fingerprint density at radius 3 is 2.07 bits per heavy atom. The van der Waals surface area contributed by atoms with Gasteiger partial charge >= 0.3 is 6.18 Å². The SMILES string of the molecule is CC(=O)N(CC(=O)Nc1ccc(C(F)(F)F)cc1)c1ccc(F)c(F)c1F. The zero-order valence-corrected chi connectivity index (χ0v) is 13.7. The summed E-state index contributed by atoms with van der Waals surface area (Å²) in [5.41, 5.74) is -1.57. The van der Waals surface area contributed by atoms with E-state index in [1.54, 1.807) is 0 Å². The van der Waals surface area contributed by atoms with Gasteiger partial charge in [0.25, 0.3) is 0 Å². The first-order valence-corrected chi connectivity index (χ1v) is 7.39. The highest BCUT2D eigenvalue weighted by Gasteiger charge is 2.30. The van der Waals surface area contributed by atoms with Gasteiger partial charge < -0.3 is 10.2 Å². The van der Waals surface area contributed by atoms with Crippen LogP contribution >= 0.6 is 0 Å². The molecule has 144 valence electrons. The number of benzene rings is 2. The van der Waals surface area contributed by atoms with Crippen LogP contribution in [0.4, 0.5) is 37.7 Å². The lowest BCUT2D eigenvalue weighted by Crippen LogP contribution is -2.37. The Balaban J connectivity index is 2.16. The number of alkyl halides is 3. The third-order valence-electron chi connectivity index (χ3n) is 3.48. The molecule has 0 atom stereocenters. The first-order chi connectivity index (χ1) is 12.5. The van der Waals surface area contributed by atoms with Crippen LogP contribution in [0.15, 0.2) is 36.4 Å². The lowest BCUT2D eigenvalue weighted by molar-refractivity contribution is -0.137. The van der Waals surface area contributed by atoms with Crippen molar-refractivity contribution in [1.82, 2.24) is 0 Å². The van der Waals surface area contributed by atoms with E-state index in [4.69, 9.17) is 0 Å². The fraction of sp³-hybridized carbons (Fsp3) is 0.176. The predicted octanol–water partition coefficient (Wildman–Crippen LogP) is 4.11. The van der Waals surface area contributed by atoms with E-state index < -0.39 is 53.2 Å². The number of nitrogens with zero attached hydrogens (tertiary/aromatic N) is 1. The van der Waals surface area contributed by atoms with E-state index in [0.29, 0.717) is 11.0 Å². The topological polar surface area (TPSA) is 49.4 Å². The Hall–Kier alpha value is -3.04. The highest BCUT2D eigenvalue weighted by Crippen LogP contribution is 2.30. The van der Waals surface area contributed by atoms with Gasteiger partial charge in [-0.2, -0.15) is 13.2 Å². The second-order valence-corrected chi connectivity index (χ2v) is 5.42.